The lowest BCUT2D eigenvalue weighted by atomic mass is 10.5. The van der Waals surface area contributed by atoms with Crippen LogP contribution in [0.15, 0.2) is 0 Å². The maximum absolute atomic E-state index is 10.9. The molecule has 0 heterocycles. The second kappa shape index (κ2) is 14.7. The minimum Gasteiger partial charge on any atom is -0.449 e. The third-order valence-electron chi connectivity index (χ3n) is 1.84. The molecule has 0 bridgehead atoms. The molecule has 108 valence electrons. The summed E-state index contributed by atoms with van der Waals surface area (Å²) in [6, 6.07) is -0.120. The summed E-state index contributed by atoms with van der Waals surface area (Å²) >= 11 is 5.22. The lowest BCUT2D eigenvalue weighted by Gasteiger charge is -2.06. The van der Waals surface area contributed by atoms with Crippen LogP contribution in [0.2, 0.25) is 0 Å². The quantitative estimate of drug-likeness (QED) is 0.283. The standard InChI is InChI=1S/C11H21ClO6/c1-14-4-5-16-8-9-17-7-6-15-3-2-11(13)18-10-12/h2-10H2,1H3. The van der Waals surface area contributed by atoms with E-state index >= 15 is 0 Å². The Hall–Kier alpha value is -0.400. The molecule has 7 heteroatoms. The number of methoxy groups -OCH3 is 1. The number of alkyl halides is 1. The Morgan fingerprint density at radius 2 is 1.39 bits per heavy atom. The molecule has 0 fully saturated rings. The second-order valence-corrected chi connectivity index (χ2v) is 3.42. The van der Waals surface area contributed by atoms with Crippen molar-refractivity contribution in [1.82, 2.24) is 0 Å². The normalized spacial score (nSPS) is 10.6. The van der Waals surface area contributed by atoms with Gasteiger partial charge in [0.2, 0.25) is 0 Å². The number of esters is 1. The van der Waals surface area contributed by atoms with Crippen LogP contribution in [-0.2, 0) is 28.5 Å². The van der Waals surface area contributed by atoms with E-state index < -0.39 is 0 Å². The number of hydrogen-bond acceptors (Lipinski definition) is 6. The summed E-state index contributed by atoms with van der Waals surface area (Å²) in [7, 11) is 1.63. The molecule has 0 aromatic carbocycles. The van der Waals surface area contributed by atoms with Crippen LogP contribution in [0.1, 0.15) is 6.42 Å². The van der Waals surface area contributed by atoms with E-state index in [9.17, 15) is 4.79 Å². The number of carbonyl (C=O) groups is 1. The molecule has 0 atom stereocenters. The van der Waals surface area contributed by atoms with Crippen LogP contribution in [0.4, 0.5) is 0 Å². The molecule has 0 aromatic rings. The summed E-state index contributed by atoms with van der Waals surface area (Å²) < 4.78 is 24.9. The maximum Gasteiger partial charge on any atom is 0.309 e. The average molecular weight is 285 g/mol. The van der Waals surface area contributed by atoms with Gasteiger partial charge in [0.15, 0.2) is 6.07 Å². The van der Waals surface area contributed by atoms with E-state index in [1.54, 1.807) is 7.11 Å². The Bertz CT molecular complexity index is 190. The van der Waals surface area contributed by atoms with Crippen LogP contribution in [0.3, 0.4) is 0 Å². The molecule has 0 radical (unpaired) electrons. The first-order valence-corrected chi connectivity index (χ1v) is 6.28. The first-order valence-electron chi connectivity index (χ1n) is 5.75. The van der Waals surface area contributed by atoms with Crippen molar-refractivity contribution in [2.75, 3.05) is 59.4 Å². The van der Waals surface area contributed by atoms with Crippen molar-refractivity contribution in [3.05, 3.63) is 0 Å². The van der Waals surface area contributed by atoms with Gasteiger partial charge in [0.1, 0.15) is 0 Å². The molecule has 0 saturated carbocycles. The molecule has 6 nitrogen and oxygen atoms in total. The van der Waals surface area contributed by atoms with Crippen LogP contribution in [0.25, 0.3) is 0 Å². The number of hydrogen-bond donors (Lipinski definition) is 0. The van der Waals surface area contributed by atoms with E-state index in [1.165, 1.54) is 0 Å². The molecular weight excluding hydrogens is 264 g/mol. The minimum atomic E-state index is -0.363. The topological polar surface area (TPSA) is 63.2 Å². The van der Waals surface area contributed by atoms with Gasteiger partial charge in [0, 0.05) is 7.11 Å². The zero-order valence-corrected chi connectivity index (χ0v) is 11.4. The predicted octanol–water partition coefficient (Wildman–Crippen LogP) is 0.812. The number of rotatable bonds is 13. The van der Waals surface area contributed by atoms with Crippen LogP contribution in [0.5, 0.6) is 0 Å². The van der Waals surface area contributed by atoms with E-state index in [-0.39, 0.29) is 18.5 Å². The van der Waals surface area contributed by atoms with E-state index in [1.807, 2.05) is 0 Å². The zero-order chi connectivity index (χ0) is 13.5. The second-order valence-electron chi connectivity index (χ2n) is 3.21. The van der Waals surface area contributed by atoms with Crippen LogP contribution in [-0.4, -0.2) is 65.4 Å². The molecule has 0 aliphatic heterocycles. The van der Waals surface area contributed by atoms with Gasteiger partial charge in [-0.3, -0.25) is 4.79 Å². The molecule has 0 spiro atoms. The third kappa shape index (κ3) is 13.7. The van der Waals surface area contributed by atoms with Gasteiger partial charge in [-0.1, -0.05) is 11.6 Å². The molecular formula is C11H21ClO6. The molecule has 0 aliphatic rings. The fourth-order valence-electron chi connectivity index (χ4n) is 0.973. The smallest absolute Gasteiger partial charge is 0.309 e. The Morgan fingerprint density at radius 1 is 0.889 bits per heavy atom. The van der Waals surface area contributed by atoms with Gasteiger partial charge in [-0.15, -0.1) is 0 Å². The molecule has 0 unspecified atom stereocenters. The minimum absolute atomic E-state index is 0.120. The van der Waals surface area contributed by atoms with Crippen molar-refractivity contribution in [3.63, 3.8) is 0 Å². The van der Waals surface area contributed by atoms with Crippen molar-refractivity contribution in [2.24, 2.45) is 0 Å². The van der Waals surface area contributed by atoms with Gasteiger partial charge >= 0.3 is 5.97 Å². The fraction of sp³-hybridized carbons (Fsp3) is 0.909. The summed E-state index contributed by atoms with van der Waals surface area (Å²) in [5.74, 6) is -0.363. The number of halogens is 1. The summed E-state index contributed by atoms with van der Waals surface area (Å²) in [6.45, 7) is 3.42. The van der Waals surface area contributed by atoms with Crippen molar-refractivity contribution < 1.29 is 28.5 Å². The zero-order valence-electron chi connectivity index (χ0n) is 10.7. The monoisotopic (exact) mass is 284 g/mol. The van der Waals surface area contributed by atoms with E-state index in [2.05, 4.69) is 4.74 Å². The lowest BCUT2D eigenvalue weighted by Crippen LogP contribution is -2.13. The first-order chi connectivity index (χ1) is 8.81. The molecule has 0 saturated heterocycles. The van der Waals surface area contributed by atoms with Gasteiger partial charge in [-0.05, 0) is 0 Å². The first kappa shape index (κ1) is 17.6. The van der Waals surface area contributed by atoms with Crippen molar-refractivity contribution in [3.8, 4) is 0 Å². The highest BCUT2D eigenvalue weighted by molar-refractivity contribution is 6.17. The van der Waals surface area contributed by atoms with Gasteiger partial charge in [-0.2, -0.15) is 0 Å². The maximum atomic E-state index is 10.9. The van der Waals surface area contributed by atoms with Crippen molar-refractivity contribution in [2.45, 2.75) is 6.42 Å². The fourth-order valence-corrected chi connectivity index (χ4v) is 1.09. The number of ether oxygens (including phenoxy) is 5. The highest BCUT2D eigenvalue weighted by Crippen LogP contribution is 1.90. The highest BCUT2D eigenvalue weighted by atomic mass is 35.5. The average Bonchev–Trinajstić information content (AvgIpc) is 2.36. The molecule has 0 aliphatic carbocycles. The van der Waals surface area contributed by atoms with Gasteiger partial charge in [-0.25, -0.2) is 0 Å². The van der Waals surface area contributed by atoms with Crippen molar-refractivity contribution >= 4 is 17.6 Å². The lowest BCUT2D eigenvalue weighted by molar-refractivity contribution is -0.142. The Kier molecular flexibility index (Phi) is 14.3. The Balaban J connectivity index is 3.01. The summed E-state index contributed by atoms with van der Waals surface area (Å²) in [4.78, 5) is 10.9. The summed E-state index contributed by atoms with van der Waals surface area (Å²) in [5.41, 5.74) is 0. The summed E-state index contributed by atoms with van der Waals surface area (Å²) in [5, 5.41) is 0. The largest absolute Gasteiger partial charge is 0.449 e. The van der Waals surface area contributed by atoms with Crippen LogP contribution >= 0.6 is 11.6 Å². The van der Waals surface area contributed by atoms with Gasteiger partial charge in [0.05, 0.1) is 52.7 Å². The Morgan fingerprint density at radius 3 is 1.89 bits per heavy atom. The van der Waals surface area contributed by atoms with E-state index in [0.717, 1.165) is 0 Å². The van der Waals surface area contributed by atoms with E-state index in [4.69, 9.17) is 30.5 Å². The highest BCUT2D eigenvalue weighted by Gasteiger charge is 2.00. The van der Waals surface area contributed by atoms with Crippen molar-refractivity contribution in [1.29, 1.82) is 0 Å². The van der Waals surface area contributed by atoms with Crippen LogP contribution < -0.4 is 0 Å². The van der Waals surface area contributed by atoms with E-state index in [0.29, 0.717) is 46.2 Å². The SMILES string of the molecule is COCCOCCOCCOCCC(=O)OCCl. The molecule has 0 aromatic heterocycles. The van der Waals surface area contributed by atoms with Gasteiger partial charge < -0.3 is 23.7 Å². The third-order valence-corrected chi connectivity index (χ3v) is 1.95. The molecule has 0 rings (SSSR count). The van der Waals surface area contributed by atoms with Crippen LogP contribution in [0, 0.1) is 0 Å². The summed E-state index contributed by atoms with van der Waals surface area (Å²) in [6.07, 6.45) is 0.201. The Labute approximate surface area is 112 Å². The molecule has 0 N–H and O–H groups in total. The molecule has 0 amide bonds. The number of carbonyl (C=O) groups excluding carboxylic acids is 1. The molecule has 18 heavy (non-hydrogen) atoms. The van der Waals surface area contributed by atoms with Gasteiger partial charge in [0.25, 0.3) is 0 Å². The predicted molar refractivity (Wildman–Crippen MR) is 65.8 cm³/mol.